The van der Waals surface area contributed by atoms with E-state index in [-0.39, 0.29) is 0 Å². The normalized spacial score (nSPS) is 11.2. The predicted octanol–water partition coefficient (Wildman–Crippen LogP) is 3.18. The van der Waals surface area contributed by atoms with Gasteiger partial charge < -0.3 is 10.7 Å². The lowest BCUT2D eigenvalue weighted by Gasteiger charge is -2.04. The molecular formula is C15H16N4S. The zero-order chi connectivity index (χ0) is 14.1. The maximum atomic E-state index is 5.62. The van der Waals surface area contributed by atoms with E-state index < -0.39 is 0 Å². The fourth-order valence-corrected chi connectivity index (χ4v) is 2.89. The van der Waals surface area contributed by atoms with Crippen LogP contribution in [-0.4, -0.2) is 15.0 Å². The number of hydrogen-bond donors (Lipinski definition) is 2. The van der Waals surface area contributed by atoms with E-state index in [1.54, 1.807) is 11.8 Å². The Morgan fingerprint density at radius 1 is 1.25 bits per heavy atom. The van der Waals surface area contributed by atoms with E-state index in [0.717, 1.165) is 32.3 Å². The molecule has 0 aliphatic carbocycles. The number of aryl methyl sites for hydroxylation is 2. The lowest BCUT2D eigenvalue weighted by molar-refractivity contribution is 0.980. The van der Waals surface area contributed by atoms with Gasteiger partial charge in [0.05, 0.1) is 11.0 Å². The molecule has 3 aromatic rings. The first-order valence-electron chi connectivity index (χ1n) is 6.45. The van der Waals surface area contributed by atoms with Crippen molar-refractivity contribution >= 4 is 22.8 Å². The molecule has 3 N–H and O–H groups in total. The van der Waals surface area contributed by atoms with Crippen LogP contribution in [0.25, 0.3) is 11.0 Å². The van der Waals surface area contributed by atoms with E-state index in [9.17, 15) is 0 Å². The summed E-state index contributed by atoms with van der Waals surface area (Å²) in [4.78, 5) is 12.4. The Labute approximate surface area is 121 Å². The van der Waals surface area contributed by atoms with Crippen LogP contribution in [0.15, 0.2) is 40.6 Å². The van der Waals surface area contributed by atoms with Crippen LogP contribution in [0.2, 0.25) is 0 Å². The number of nitrogens with zero attached hydrogens (tertiary/aromatic N) is 2. The summed E-state index contributed by atoms with van der Waals surface area (Å²) in [7, 11) is 0. The summed E-state index contributed by atoms with van der Waals surface area (Å²) in [5.41, 5.74) is 11.1. The molecule has 0 amide bonds. The SMILES string of the molecule is Cc1ccc2nc(Sc3ncc(CN)cc3C)[nH]c2c1. The van der Waals surface area contributed by atoms with Gasteiger partial charge in [-0.2, -0.15) is 0 Å². The fraction of sp³-hybridized carbons (Fsp3) is 0.200. The van der Waals surface area contributed by atoms with E-state index >= 15 is 0 Å². The highest BCUT2D eigenvalue weighted by atomic mass is 32.2. The quantitative estimate of drug-likeness (QED) is 0.775. The van der Waals surface area contributed by atoms with Crippen LogP contribution in [0.4, 0.5) is 0 Å². The van der Waals surface area contributed by atoms with Gasteiger partial charge in [0.25, 0.3) is 0 Å². The highest BCUT2D eigenvalue weighted by molar-refractivity contribution is 7.99. The Bertz CT molecular complexity index is 764. The molecule has 1 aromatic carbocycles. The third-order valence-electron chi connectivity index (χ3n) is 3.13. The average Bonchev–Trinajstić information content (AvgIpc) is 2.82. The standard InChI is InChI=1S/C15H16N4S/c1-9-3-4-12-13(5-9)19-15(18-12)20-14-10(2)6-11(7-16)8-17-14/h3-6,8H,7,16H2,1-2H3,(H,18,19). The van der Waals surface area contributed by atoms with Gasteiger partial charge in [-0.15, -0.1) is 0 Å². The smallest absolute Gasteiger partial charge is 0.172 e. The van der Waals surface area contributed by atoms with Crippen molar-refractivity contribution in [2.45, 2.75) is 30.6 Å². The predicted molar refractivity (Wildman–Crippen MR) is 81.8 cm³/mol. The number of pyridine rings is 1. The van der Waals surface area contributed by atoms with Gasteiger partial charge in [0.1, 0.15) is 5.03 Å². The van der Waals surface area contributed by atoms with Gasteiger partial charge in [0.2, 0.25) is 0 Å². The second-order valence-electron chi connectivity index (χ2n) is 4.83. The number of aromatic amines is 1. The van der Waals surface area contributed by atoms with Crippen molar-refractivity contribution in [3.8, 4) is 0 Å². The topological polar surface area (TPSA) is 67.6 Å². The van der Waals surface area contributed by atoms with Crippen molar-refractivity contribution in [3.05, 3.63) is 47.2 Å². The highest BCUT2D eigenvalue weighted by Crippen LogP contribution is 2.28. The molecule has 5 heteroatoms. The molecule has 4 nitrogen and oxygen atoms in total. The molecule has 0 fully saturated rings. The number of hydrogen-bond acceptors (Lipinski definition) is 4. The Morgan fingerprint density at radius 3 is 2.85 bits per heavy atom. The first-order valence-corrected chi connectivity index (χ1v) is 7.27. The van der Waals surface area contributed by atoms with E-state index in [1.807, 2.05) is 19.2 Å². The van der Waals surface area contributed by atoms with Gasteiger partial charge in [0, 0.05) is 12.7 Å². The van der Waals surface area contributed by atoms with Crippen LogP contribution in [0.1, 0.15) is 16.7 Å². The van der Waals surface area contributed by atoms with Crippen LogP contribution in [-0.2, 0) is 6.54 Å². The third-order valence-corrected chi connectivity index (χ3v) is 4.14. The maximum Gasteiger partial charge on any atom is 0.172 e. The Morgan fingerprint density at radius 2 is 2.10 bits per heavy atom. The molecule has 0 unspecified atom stereocenters. The number of nitrogens with one attached hydrogen (secondary N) is 1. The highest BCUT2D eigenvalue weighted by Gasteiger charge is 2.08. The molecule has 0 radical (unpaired) electrons. The first-order chi connectivity index (χ1) is 9.65. The summed E-state index contributed by atoms with van der Waals surface area (Å²) in [6.45, 7) is 4.63. The lowest BCUT2D eigenvalue weighted by Crippen LogP contribution is -1.98. The summed E-state index contributed by atoms with van der Waals surface area (Å²) in [6, 6.07) is 8.27. The number of fused-ring (bicyclic) bond motifs is 1. The lowest BCUT2D eigenvalue weighted by atomic mass is 10.2. The molecule has 2 aromatic heterocycles. The Hall–Kier alpha value is -1.85. The number of H-pyrrole nitrogens is 1. The number of imidazole rings is 1. The third kappa shape index (κ3) is 2.55. The molecule has 0 aliphatic heterocycles. The molecule has 0 saturated carbocycles. The van der Waals surface area contributed by atoms with Gasteiger partial charge in [-0.1, -0.05) is 12.1 Å². The van der Waals surface area contributed by atoms with E-state index in [4.69, 9.17) is 5.73 Å². The molecule has 0 saturated heterocycles. The Balaban J connectivity index is 1.92. The maximum absolute atomic E-state index is 5.62. The Kier molecular flexibility index (Phi) is 3.46. The summed E-state index contributed by atoms with van der Waals surface area (Å²) < 4.78 is 0. The van der Waals surface area contributed by atoms with Crippen molar-refractivity contribution in [1.29, 1.82) is 0 Å². The molecule has 20 heavy (non-hydrogen) atoms. The second kappa shape index (κ2) is 5.26. The van der Waals surface area contributed by atoms with Gasteiger partial charge in [-0.05, 0) is 54.4 Å². The molecule has 0 aliphatic rings. The van der Waals surface area contributed by atoms with Crippen molar-refractivity contribution in [1.82, 2.24) is 15.0 Å². The molecule has 102 valence electrons. The second-order valence-corrected chi connectivity index (χ2v) is 5.81. The van der Waals surface area contributed by atoms with E-state index in [1.165, 1.54) is 5.56 Å². The van der Waals surface area contributed by atoms with Gasteiger partial charge in [-0.3, -0.25) is 0 Å². The van der Waals surface area contributed by atoms with Gasteiger partial charge >= 0.3 is 0 Å². The molecule has 0 bridgehead atoms. The van der Waals surface area contributed by atoms with Crippen molar-refractivity contribution < 1.29 is 0 Å². The van der Waals surface area contributed by atoms with Gasteiger partial charge in [0.15, 0.2) is 5.16 Å². The van der Waals surface area contributed by atoms with E-state index in [0.29, 0.717) is 6.54 Å². The molecule has 2 heterocycles. The summed E-state index contributed by atoms with van der Waals surface area (Å²) in [5, 5.41) is 1.82. The molecule has 0 atom stereocenters. The fourth-order valence-electron chi connectivity index (χ4n) is 2.08. The number of rotatable bonds is 3. The monoisotopic (exact) mass is 284 g/mol. The van der Waals surface area contributed by atoms with Crippen molar-refractivity contribution in [2.75, 3.05) is 0 Å². The first kappa shape index (κ1) is 13.1. The number of benzene rings is 1. The minimum atomic E-state index is 0.517. The molecule has 3 rings (SSSR count). The number of nitrogens with two attached hydrogens (primary N) is 1. The largest absolute Gasteiger partial charge is 0.333 e. The molecule has 0 spiro atoms. The van der Waals surface area contributed by atoms with E-state index in [2.05, 4.69) is 40.1 Å². The van der Waals surface area contributed by atoms with Crippen molar-refractivity contribution in [2.24, 2.45) is 5.73 Å². The van der Waals surface area contributed by atoms with Crippen LogP contribution >= 0.6 is 11.8 Å². The zero-order valence-corrected chi connectivity index (χ0v) is 12.3. The minimum Gasteiger partial charge on any atom is -0.333 e. The van der Waals surface area contributed by atoms with Crippen molar-refractivity contribution in [3.63, 3.8) is 0 Å². The molecular weight excluding hydrogens is 268 g/mol. The average molecular weight is 284 g/mol. The summed E-state index contributed by atoms with van der Waals surface area (Å²) in [5.74, 6) is 0. The minimum absolute atomic E-state index is 0.517. The number of aromatic nitrogens is 3. The van der Waals surface area contributed by atoms with Crippen LogP contribution < -0.4 is 5.73 Å². The summed E-state index contributed by atoms with van der Waals surface area (Å²) in [6.07, 6.45) is 1.82. The van der Waals surface area contributed by atoms with Crippen LogP contribution in [0, 0.1) is 13.8 Å². The summed E-state index contributed by atoms with van der Waals surface area (Å²) >= 11 is 1.55. The zero-order valence-electron chi connectivity index (χ0n) is 11.5. The van der Waals surface area contributed by atoms with Crippen LogP contribution in [0.5, 0.6) is 0 Å². The van der Waals surface area contributed by atoms with Gasteiger partial charge in [-0.25, -0.2) is 9.97 Å². The van der Waals surface area contributed by atoms with Crippen LogP contribution in [0.3, 0.4) is 0 Å².